The number of hydrogen-bond acceptors (Lipinski definition) is 4. The Labute approximate surface area is 132 Å². The summed E-state index contributed by atoms with van der Waals surface area (Å²) in [5.74, 6) is 0.705. The summed E-state index contributed by atoms with van der Waals surface area (Å²) in [4.78, 5) is 2.33. The van der Waals surface area contributed by atoms with Crippen LogP contribution >= 0.6 is 11.6 Å². The van der Waals surface area contributed by atoms with Crippen molar-refractivity contribution in [3.63, 3.8) is 0 Å². The summed E-state index contributed by atoms with van der Waals surface area (Å²) in [5.41, 5.74) is 1.17. The van der Waals surface area contributed by atoms with Crippen molar-refractivity contribution in [3.8, 4) is 5.75 Å². The molecule has 0 amide bonds. The fraction of sp³-hybridized carbons (Fsp3) is 0.625. The third-order valence-corrected chi connectivity index (χ3v) is 4.14. The molecule has 4 nitrogen and oxygen atoms in total. The molecule has 0 radical (unpaired) electrons. The lowest BCUT2D eigenvalue weighted by atomic mass is 9.98. The number of hydrogen-bond donors (Lipinski definition) is 1. The van der Waals surface area contributed by atoms with Crippen LogP contribution in [0.3, 0.4) is 0 Å². The Bertz CT molecular complexity index is 468. The van der Waals surface area contributed by atoms with Crippen LogP contribution in [0.25, 0.3) is 0 Å². The van der Waals surface area contributed by atoms with Crippen molar-refractivity contribution >= 4 is 11.6 Å². The van der Waals surface area contributed by atoms with Crippen molar-refractivity contribution in [1.29, 1.82) is 0 Å². The fourth-order valence-electron chi connectivity index (χ4n) is 2.72. The van der Waals surface area contributed by atoms with Gasteiger partial charge in [-0.05, 0) is 24.7 Å². The van der Waals surface area contributed by atoms with Crippen LogP contribution in [0.5, 0.6) is 5.75 Å². The van der Waals surface area contributed by atoms with Gasteiger partial charge in [0, 0.05) is 19.1 Å². The molecule has 0 aromatic heterocycles. The zero-order valence-corrected chi connectivity index (χ0v) is 14.0. The van der Waals surface area contributed by atoms with Crippen LogP contribution in [-0.4, -0.2) is 50.9 Å². The molecule has 1 aromatic rings. The summed E-state index contributed by atoms with van der Waals surface area (Å²) in [6.07, 6.45) is 0.121. The van der Waals surface area contributed by atoms with Crippen molar-refractivity contribution in [1.82, 2.24) is 10.2 Å². The molecule has 21 heavy (non-hydrogen) atoms. The zero-order chi connectivity index (χ0) is 15.4. The molecule has 2 unspecified atom stereocenters. The zero-order valence-electron chi connectivity index (χ0n) is 13.2. The second-order valence-corrected chi connectivity index (χ2v) is 6.20. The highest BCUT2D eigenvalue weighted by Crippen LogP contribution is 2.33. The molecule has 1 aromatic carbocycles. The van der Waals surface area contributed by atoms with Gasteiger partial charge in [-0.1, -0.05) is 31.5 Å². The summed E-state index contributed by atoms with van der Waals surface area (Å²) < 4.78 is 11.2. The van der Waals surface area contributed by atoms with Gasteiger partial charge in [0.15, 0.2) is 0 Å². The van der Waals surface area contributed by atoms with E-state index in [0.717, 1.165) is 19.7 Å². The number of ether oxygens (including phenoxy) is 2. The van der Waals surface area contributed by atoms with Gasteiger partial charge in [0.2, 0.25) is 0 Å². The maximum atomic E-state index is 6.27. The summed E-state index contributed by atoms with van der Waals surface area (Å²) in [6.45, 7) is 6.81. The van der Waals surface area contributed by atoms with E-state index in [4.69, 9.17) is 21.1 Å². The molecule has 1 saturated heterocycles. The highest BCUT2D eigenvalue weighted by molar-refractivity contribution is 6.32. The molecule has 1 aliphatic heterocycles. The van der Waals surface area contributed by atoms with Crippen LogP contribution < -0.4 is 10.1 Å². The van der Waals surface area contributed by atoms with Crippen LogP contribution in [0, 0.1) is 0 Å². The average molecular weight is 313 g/mol. The second-order valence-electron chi connectivity index (χ2n) is 5.79. The number of likely N-dealkylation sites (N-methyl/N-ethyl adjacent to an activating group) is 1. The van der Waals surface area contributed by atoms with Crippen LogP contribution in [0.1, 0.15) is 25.5 Å². The van der Waals surface area contributed by atoms with Gasteiger partial charge in [-0.2, -0.15) is 0 Å². The van der Waals surface area contributed by atoms with Crippen molar-refractivity contribution in [2.45, 2.75) is 32.0 Å². The lowest BCUT2D eigenvalue weighted by Crippen LogP contribution is -2.48. The van der Waals surface area contributed by atoms with Gasteiger partial charge in [-0.25, -0.2) is 0 Å². The summed E-state index contributed by atoms with van der Waals surface area (Å²) in [5, 5.41) is 4.11. The topological polar surface area (TPSA) is 33.7 Å². The standard InChI is InChI=1S/C16H25ClN2O2/c1-11(2)18-10-15-16(19(3)7-8-21-15)12-5-6-14(20-4)13(17)9-12/h5-6,9,11,15-16,18H,7-8,10H2,1-4H3. The van der Waals surface area contributed by atoms with E-state index in [2.05, 4.69) is 37.2 Å². The lowest BCUT2D eigenvalue weighted by molar-refractivity contribution is -0.0620. The first kappa shape index (κ1) is 16.6. The Morgan fingerprint density at radius 1 is 1.48 bits per heavy atom. The van der Waals surface area contributed by atoms with E-state index >= 15 is 0 Å². The number of halogens is 1. The van der Waals surface area contributed by atoms with Gasteiger partial charge in [-0.15, -0.1) is 0 Å². The smallest absolute Gasteiger partial charge is 0.137 e. The highest BCUT2D eigenvalue weighted by Gasteiger charge is 2.31. The normalized spacial score (nSPS) is 23.5. The molecular formula is C16H25ClN2O2. The maximum absolute atomic E-state index is 6.27. The van der Waals surface area contributed by atoms with E-state index < -0.39 is 0 Å². The molecular weight excluding hydrogens is 288 g/mol. The van der Waals surface area contributed by atoms with Crippen molar-refractivity contribution in [2.24, 2.45) is 0 Å². The predicted octanol–water partition coefficient (Wildman–Crippen LogP) is 2.72. The van der Waals surface area contributed by atoms with Crippen LogP contribution in [0.15, 0.2) is 18.2 Å². The quantitative estimate of drug-likeness (QED) is 0.906. The molecule has 1 N–H and O–H groups in total. The summed E-state index contributed by atoms with van der Waals surface area (Å²) in [6, 6.07) is 6.63. The molecule has 1 aliphatic rings. The predicted molar refractivity (Wildman–Crippen MR) is 86.3 cm³/mol. The molecule has 0 saturated carbocycles. The summed E-state index contributed by atoms with van der Waals surface area (Å²) in [7, 11) is 3.76. The lowest BCUT2D eigenvalue weighted by Gasteiger charge is -2.40. The number of nitrogens with one attached hydrogen (secondary N) is 1. The Morgan fingerprint density at radius 2 is 2.24 bits per heavy atom. The second kappa shape index (κ2) is 7.45. The Balaban J connectivity index is 2.20. The van der Waals surface area contributed by atoms with Crippen molar-refractivity contribution in [3.05, 3.63) is 28.8 Å². The van der Waals surface area contributed by atoms with Crippen molar-refractivity contribution < 1.29 is 9.47 Å². The van der Waals surface area contributed by atoms with Crippen LogP contribution in [0.4, 0.5) is 0 Å². The minimum Gasteiger partial charge on any atom is -0.495 e. The number of morpholine rings is 1. The molecule has 5 heteroatoms. The van der Waals surface area contributed by atoms with Crippen molar-refractivity contribution in [2.75, 3.05) is 33.9 Å². The molecule has 0 spiro atoms. The van der Waals surface area contributed by atoms with Gasteiger partial charge in [0.05, 0.1) is 30.9 Å². The molecule has 2 rings (SSSR count). The molecule has 2 atom stereocenters. The first-order chi connectivity index (χ1) is 10.0. The van der Waals surface area contributed by atoms with E-state index in [-0.39, 0.29) is 12.1 Å². The van der Waals surface area contributed by atoms with Crippen LogP contribution in [-0.2, 0) is 4.74 Å². The third-order valence-electron chi connectivity index (χ3n) is 3.85. The van der Waals surface area contributed by atoms with Gasteiger partial charge in [-0.3, -0.25) is 4.90 Å². The monoisotopic (exact) mass is 312 g/mol. The van der Waals surface area contributed by atoms with E-state index in [1.165, 1.54) is 5.56 Å². The Hall–Kier alpha value is -0.810. The minimum absolute atomic E-state index is 0.121. The third kappa shape index (κ3) is 4.10. The van der Waals surface area contributed by atoms with E-state index in [0.29, 0.717) is 16.8 Å². The average Bonchev–Trinajstić information content (AvgIpc) is 2.45. The van der Waals surface area contributed by atoms with Crippen LogP contribution in [0.2, 0.25) is 5.02 Å². The van der Waals surface area contributed by atoms with Gasteiger partial charge < -0.3 is 14.8 Å². The minimum atomic E-state index is 0.121. The Morgan fingerprint density at radius 3 is 2.86 bits per heavy atom. The molecule has 0 aliphatic carbocycles. The maximum Gasteiger partial charge on any atom is 0.137 e. The largest absolute Gasteiger partial charge is 0.495 e. The van der Waals surface area contributed by atoms with E-state index in [9.17, 15) is 0 Å². The van der Waals surface area contributed by atoms with E-state index in [1.54, 1.807) is 7.11 Å². The molecule has 118 valence electrons. The number of benzene rings is 1. The molecule has 1 fully saturated rings. The van der Waals surface area contributed by atoms with Gasteiger partial charge >= 0.3 is 0 Å². The first-order valence-electron chi connectivity index (χ1n) is 7.41. The summed E-state index contributed by atoms with van der Waals surface area (Å²) >= 11 is 6.27. The van der Waals surface area contributed by atoms with E-state index in [1.807, 2.05) is 12.1 Å². The molecule has 0 bridgehead atoms. The molecule has 1 heterocycles. The SMILES string of the molecule is COc1ccc(C2C(CNC(C)C)OCCN2C)cc1Cl. The number of rotatable bonds is 5. The highest BCUT2D eigenvalue weighted by atomic mass is 35.5. The van der Waals surface area contributed by atoms with Gasteiger partial charge in [0.25, 0.3) is 0 Å². The number of nitrogens with zero attached hydrogens (tertiary/aromatic N) is 1. The first-order valence-corrected chi connectivity index (χ1v) is 7.79. The number of methoxy groups -OCH3 is 1. The fourth-order valence-corrected chi connectivity index (χ4v) is 2.99. The van der Waals surface area contributed by atoms with Gasteiger partial charge in [0.1, 0.15) is 5.75 Å². The Kier molecular flexibility index (Phi) is 5.88.